The van der Waals surface area contributed by atoms with Crippen molar-refractivity contribution >= 4 is 17.5 Å². The lowest BCUT2D eigenvalue weighted by atomic mass is 9.99. The Balaban J connectivity index is 1.43. The summed E-state index contributed by atoms with van der Waals surface area (Å²) in [6, 6.07) is 21.9. The minimum Gasteiger partial charge on any atom is -0.489 e. The highest BCUT2D eigenvalue weighted by molar-refractivity contribution is 6.30. The second-order valence-electron chi connectivity index (χ2n) is 9.88. The van der Waals surface area contributed by atoms with Gasteiger partial charge in [-0.2, -0.15) is 0 Å². The number of hydrogen-bond acceptors (Lipinski definition) is 4. The Bertz CT molecular complexity index is 1200. The van der Waals surface area contributed by atoms with Crippen molar-refractivity contribution in [3.8, 4) is 22.6 Å². The summed E-state index contributed by atoms with van der Waals surface area (Å²) in [4.78, 5) is 17.5. The van der Waals surface area contributed by atoms with E-state index in [0.29, 0.717) is 43.7 Å². The highest BCUT2D eigenvalue weighted by Gasteiger charge is 2.25. The van der Waals surface area contributed by atoms with Crippen molar-refractivity contribution in [2.45, 2.75) is 25.8 Å². The quantitative estimate of drug-likeness (QED) is 0.432. The molecule has 6 heteroatoms. The number of nitrogens with zero attached hydrogens (tertiary/aromatic N) is 2. The van der Waals surface area contributed by atoms with Crippen LogP contribution in [0.3, 0.4) is 0 Å². The first-order valence-electron chi connectivity index (χ1n) is 12.7. The molecule has 0 N–H and O–H groups in total. The number of piperidine rings is 1. The van der Waals surface area contributed by atoms with Crippen molar-refractivity contribution in [2.75, 3.05) is 39.9 Å². The molecule has 5 nitrogen and oxygen atoms in total. The molecule has 2 heterocycles. The van der Waals surface area contributed by atoms with Crippen molar-refractivity contribution in [3.05, 3.63) is 82.9 Å². The van der Waals surface area contributed by atoms with E-state index in [9.17, 15) is 4.79 Å². The molecule has 3 aromatic carbocycles. The summed E-state index contributed by atoms with van der Waals surface area (Å²) in [6.45, 7) is 4.30. The number of halogens is 1. The van der Waals surface area contributed by atoms with Crippen LogP contribution in [-0.4, -0.2) is 55.6 Å². The zero-order chi connectivity index (χ0) is 24.9. The van der Waals surface area contributed by atoms with E-state index in [2.05, 4.69) is 24.1 Å². The van der Waals surface area contributed by atoms with E-state index >= 15 is 0 Å². The van der Waals surface area contributed by atoms with Gasteiger partial charge in [0.05, 0.1) is 19.6 Å². The molecule has 2 aliphatic heterocycles. The van der Waals surface area contributed by atoms with E-state index in [1.54, 1.807) is 0 Å². The van der Waals surface area contributed by atoms with E-state index in [1.165, 1.54) is 12.8 Å². The number of likely N-dealkylation sites (tertiary alicyclic amines) is 1. The molecule has 1 amide bonds. The first-order valence-corrected chi connectivity index (χ1v) is 13.1. The fourth-order valence-electron chi connectivity index (χ4n) is 5.14. The normalized spacial score (nSPS) is 18.2. The molecule has 0 aliphatic carbocycles. The molecule has 0 saturated carbocycles. The van der Waals surface area contributed by atoms with Crippen LogP contribution in [0.1, 0.15) is 24.0 Å². The first kappa shape index (κ1) is 24.7. The predicted octanol–water partition coefficient (Wildman–Crippen LogP) is 5.69. The van der Waals surface area contributed by atoms with Crippen LogP contribution >= 0.6 is 11.6 Å². The number of ether oxygens (including phenoxy) is 2. The highest BCUT2D eigenvalue weighted by Crippen LogP contribution is 2.39. The Labute approximate surface area is 218 Å². The summed E-state index contributed by atoms with van der Waals surface area (Å²) in [5.41, 5.74) is 4.00. The van der Waals surface area contributed by atoms with Gasteiger partial charge in [-0.25, -0.2) is 0 Å². The summed E-state index contributed by atoms with van der Waals surface area (Å²) in [7, 11) is 2.17. The molecule has 36 heavy (non-hydrogen) atoms. The van der Waals surface area contributed by atoms with Gasteiger partial charge in [0, 0.05) is 29.6 Å². The molecule has 0 unspecified atom stereocenters. The van der Waals surface area contributed by atoms with Gasteiger partial charge in [-0.1, -0.05) is 54.1 Å². The Kier molecular flexibility index (Phi) is 7.78. The lowest BCUT2D eigenvalue weighted by molar-refractivity contribution is -0.131. The van der Waals surface area contributed by atoms with Gasteiger partial charge in [0.15, 0.2) is 11.5 Å². The largest absolute Gasteiger partial charge is 0.489 e. The second-order valence-corrected chi connectivity index (χ2v) is 10.3. The fourth-order valence-corrected chi connectivity index (χ4v) is 5.33. The number of fused-ring (bicyclic) bond motifs is 1. The Morgan fingerprint density at radius 1 is 1.06 bits per heavy atom. The maximum Gasteiger partial charge on any atom is 0.227 e. The molecule has 2 aliphatic rings. The third kappa shape index (κ3) is 6.03. The van der Waals surface area contributed by atoms with Gasteiger partial charge in [0.1, 0.15) is 6.61 Å². The Morgan fingerprint density at radius 3 is 2.72 bits per heavy atom. The smallest absolute Gasteiger partial charge is 0.227 e. The molecule has 1 saturated heterocycles. The van der Waals surface area contributed by atoms with Gasteiger partial charge in [0.2, 0.25) is 5.91 Å². The molecule has 0 spiro atoms. The van der Waals surface area contributed by atoms with Crippen LogP contribution in [0.25, 0.3) is 11.1 Å². The number of carbonyl (C=O) groups is 1. The Morgan fingerprint density at radius 2 is 1.92 bits per heavy atom. The van der Waals surface area contributed by atoms with Gasteiger partial charge < -0.3 is 19.3 Å². The van der Waals surface area contributed by atoms with Crippen LogP contribution in [0.15, 0.2) is 66.7 Å². The zero-order valence-corrected chi connectivity index (χ0v) is 21.5. The van der Waals surface area contributed by atoms with E-state index in [0.717, 1.165) is 46.8 Å². The number of hydrogen-bond donors (Lipinski definition) is 0. The maximum atomic E-state index is 13.2. The molecular weight excluding hydrogens is 472 g/mol. The summed E-state index contributed by atoms with van der Waals surface area (Å²) < 4.78 is 12.7. The molecule has 5 rings (SSSR count). The molecule has 3 aromatic rings. The van der Waals surface area contributed by atoms with Gasteiger partial charge in [0.25, 0.3) is 0 Å². The summed E-state index contributed by atoms with van der Waals surface area (Å²) in [5.74, 6) is 2.08. The molecule has 0 bridgehead atoms. The third-order valence-electron chi connectivity index (χ3n) is 7.01. The van der Waals surface area contributed by atoms with E-state index in [-0.39, 0.29) is 5.91 Å². The average Bonchev–Trinajstić information content (AvgIpc) is 3.11. The molecule has 188 valence electrons. The lowest BCUT2D eigenvalue weighted by Crippen LogP contribution is -2.34. The second kappa shape index (κ2) is 11.4. The highest BCUT2D eigenvalue weighted by atomic mass is 35.5. The van der Waals surface area contributed by atoms with Gasteiger partial charge in [-0.05, 0) is 67.4 Å². The van der Waals surface area contributed by atoms with Crippen LogP contribution in [0.2, 0.25) is 5.02 Å². The van der Waals surface area contributed by atoms with Gasteiger partial charge >= 0.3 is 0 Å². The van der Waals surface area contributed by atoms with Gasteiger partial charge in [-0.3, -0.25) is 4.79 Å². The van der Waals surface area contributed by atoms with E-state index in [1.807, 2.05) is 59.5 Å². The molecule has 1 atom stereocenters. The number of benzene rings is 3. The van der Waals surface area contributed by atoms with Crippen LogP contribution in [0.5, 0.6) is 11.5 Å². The molecule has 1 fully saturated rings. The fraction of sp³-hybridized carbons (Fsp3) is 0.367. The average molecular weight is 505 g/mol. The van der Waals surface area contributed by atoms with Crippen molar-refractivity contribution < 1.29 is 14.3 Å². The van der Waals surface area contributed by atoms with Crippen molar-refractivity contribution in [3.63, 3.8) is 0 Å². The SMILES string of the molecule is CN1CCC[C@@H](COc2cc(-c3cccc(Cl)c3)cc3c2OCCN(C(=O)Cc2ccccc2)C3)C1. The number of amides is 1. The predicted molar refractivity (Wildman–Crippen MR) is 144 cm³/mol. The van der Waals surface area contributed by atoms with Crippen LogP contribution in [0, 0.1) is 5.92 Å². The van der Waals surface area contributed by atoms with E-state index in [4.69, 9.17) is 21.1 Å². The van der Waals surface area contributed by atoms with Crippen LogP contribution in [-0.2, 0) is 17.8 Å². The number of rotatable bonds is 6. The summed E-state index contributed by atoms with van der Waals surface area (Å²) >= 11 is 6.31. The minimum atomic E-state index is 0.0959. The van der Waals surface area contributed by atoms with E-state index < -0.39 is 0 Å². The first-order chi connectivity index (χ1) is 17.5. The van der Waals surface area contributed by atoms with Crippen molar-refractivity contribution in [1.82, 2.24) is 9.80 Å². The lowest BCUT2D eigenvalue weighted by Gasteiger charge is -2.29. The molecular formula is C30H33ClN2O3. The molecule has 0 aromatic heterocycles. The van der Waals surface area contributed by atoms with Crippen LogP contribution < -0.4 is 9.47 Å². The zero-order valence-electron chi connectivity index (χ0n) is 20.8. The standard InChI is InChI=1S/C30H33ClN2O3/c1-32-12-6-9-23(19-32)21-36-28-18-25(24-10-5-11-27(31)17-24)16-26-20-33(13-14-35-30(26)28)29(34)15-22-7-3-2-4-8-22/h2-5,7-8,10-11,16-18,23H,6,9,12-15,19-21H2,1H3/t23-/m1/s1. The Hall–Kier alpha value is -3.02. The van der Waals surface area contributed by atoms with Crippen LogP contribution in [0.4, 0.5) is 0 Å². The molecule has 0 radical (unpaired) electrons. The monoisotopic (exact) mass is 504 g/mol. The maximum absolute atomic E-state index is 13.2. The van der Waals surface area contributed by atoms with Gasteiger partial charge in [-0.15, -0.1) is 0 Å². The summed E-state index contributed by atoms with van der Waals surface area (Å²) in [5, 5.41) is 0.686. The summed E-state index contributed by atoms with van der Waals surface area (Å²) in [6.07, 6.45) is 2.74. The van der Waals surface area contributed by atoms with Crippen molar-refractivity contribution in [1.29, 1.82) is 0 Å². The van der Waals surface area contributed by atoms with Crippen molar-refractivity contribution in [2.24, 2.45) is 5.92 Å². The number of carbonyl (C=O) groups excluding carboxylic acids is 1. The minimum absolute atomic E-state index is 0.0959. The third-order valence-corrected chi connectivity index (χ3v) is 7.24. The topological polar surface area (TPSA) is 42.0 Å².